The van der Waals surface area contributed by atoms with Gasteiger partial charge in [0.1, 0.15) is 0 Å². The van der Waals surface area contributed by atoms with E-state index in [4.69, 9.17) is 0 Å². The number of aryl methyl sites for hydroxylation is 1. The van der Waals surface area contributed by atoms with Crippen LogP contribution in [0.4, 0.5) is 0 Å². The maximum atomic E-state index is 9.41. The highest BCUT2D eigenvalue weighted by Gasteiger charge is 2.39. The van der Waals surface area contributed by atoms with Crippen LogP contribution in [0, 0.1) is 25.2 Å². The van der Waals surface area contributed by atoms with Crippen molar-refractivity contribution in [2.75, 3.05) is 0 Å². The molecule has 0 radical (unpaired) electrons. The van der Waals surface area contributed by atoms with E-state index in [1.807, 2.05) is 6.92 Å². The van der Waals surface area contributed by atoms with Crippen molar-refractivity contribution in [3.8, 4) is 6.07 Å². The maximum absolute atomic E-state index is 9.41. The van der Waals surface area contributed by atoms with Gasteiger partial charge in [0.15, 0.2) is 0 Å². The Morgan fingerprint density at radius 2 is 2.00 bits per heavy atom. The van der Waals surface area contributed by atoms with E-state index in [9.17, 15) is 5.26 Å². The first-order chi connectivity index (χ1) is 8.00. The molecule has 1 saturated carbocycles. The lowest BCUT2D eigenvalue weighted by Gasteiger charge is -2.36. The predicted octanol–water partition coefficient (Wildman–Crippen LogP) is 4.28. The Morgan fingerprint density at radius 1 is 1.35 bits per heavy atom. The van der Waals surface area contributed by atoms with Gasteiger partial charge >= 0.3 is 0 Å². The first-order valence-electron chi connectivity index (χ1n) is 6.19. The van der Waals surface area contributed by atoms with E-state index in [0.717, 1.165) is 18.4 Å². The van der Waals surface area contributed by atoms with E-state index in [2.05, 4.69) is 38.6 Å². The molecule has 0 amide bonds. The molecule has 0 spiro atoms. The third kappa shape index (κ3) is 1.78. The average Bonchev–Trinajstić information content (AvgIpc) is 2.21. The van der Waals surface area contributed by atoms with Crippen LogP contribution in [0.1, 0.15) is 48.4 Å². The highest BCUT2D eigenvalue weighted by molar-refractivity contribution is 5.67. The largest absolute Gasteiger partial charge is 0.197 e. The fraction of sp³-hybridized carbons (Fsp3) is 0.438. The Balaban J connectivity index is 2.58. The van der Waals surface area contributed by atoms with Crippen molar-refractivity contribution < 1.29 is 0 Å². The summed E-state index contributed by atoms with van der Waals surface area (Å²) in [6.07, 6.45) is 3.17. The van der Waals surface area contributed by atoms with Gasteiger partial charge in [-0.2, -0.15) is 5.26 Å². The molecule has 1 fully saturated rings. The van der Waals surface area contributed by atoms with E-state index < -0.39 is 0 Å². The summed E-state index contributed by atoms with van der Waals surface area (Å²) in [4.78, 5) is 0. The van der Waals surface area contributed by atoms with Crippen LogP contribution in [-0.4, -0.2) is 0 Å². The number of nitriles is 1. The van der Waals surface area contributed by atoms with Crippen LogP contribution < -0.4 is 0 Å². The molecule has 1 aliphatic carbocycles. The molecule has 2 rings (SSSR count). The van der Waals surface area contributed by atoms with Gasteiger partial charge in [-0.1, -0.05) is 18.2 Å². The average molecular weight is 225 g/mol. The first kappa shape index (κ1) is 11.9. The standard InChI is InChI=1S/C16H19N/c1-11(2)15-9-14(8-12(3)13(15)4)16(10-17)6-5-7-16/h8-9H,1,5-7H2,2-4H3. The van der Waals surface area contributed by atoms with Crippen molar-refractivity contribution in [2.24, 2.45) is 0 Å². The summed E-state index contributed by atoms with van der Waals surface area (Å²) in [5, 5.41) is 9.41. The quantitative estimate of drug-likeness (QED) is 0.737. The van der Waals surface area contributed by atoms with E-state index in [1.165, 1.54) is 28.7 Å². The summed E-state index contributed by atoms with van der Waals surface area (Å²) in [5.74, 6) is 0. The molecule has 0 aliphatic heterocycles. The van der Waals surface area contributed by atoms with Crippen molar-refractivity contribution in [1.82, 2.24) is 0 Å². The molecule has 88 valence electrons. The summed E-state index contributed by atoms with van der Waals surface area (Å²) in [7, 11) is 0. The maximum Gasteiger partial charge on any atom is 0.0822 e. The molecule has 0 heterocycles. The smallest absolute Gasteiger partial charge is 0.0822 e. The van der Waals surface area contributed by atoms with Gasteiger partial charge in [0.25, 0.3) is 0 Å². The fourth-order valence-corrected chi connectivity index (χ4v) is 2.57. The van der Waals surface area contributed by atoms with Crippen molar-refractivity contribution in [3.05, 3.63) is 41.0 Å². The van der Waals surface area contributed by atoms with Crippen LogP contribution >= 0.6 is 0 Å². The molecule has 1 aliphatic rings. The van der Waals surface area contributed by atoms with Gasteiger partial charge in [-0.15, -0.1) is 0 Å². The molecule has 0 saturated heterocycles. The van der Waals surface area contributed by atoms with Gasteiger partial charge < -0.3 is 0 Å². The Labute approximate surface area is 104 Å². The number of rotatable bonds is 2. The molecule has 1 aromatic carbocycles. The lowest BCUT2D eigenvalue weighted by molar-refractivity contribution is 0.324. The molecule has 1 heteroatoms. The van der Waals surface area contributed by atoms with E-state index >= 15 is 0 Å². The summed E-state index contributed by atoms with van der Waals surface area (Å²) >= 11 is 0. The molecular weight excluding hydrogens is 206 g/mol. The predicted molar refractivity (Wildman–Crippen MR) is 71.8 cm³/mol. The van der Waals surface area contributed by atoms with Crippen molar-refractivity contribution in [1.29, 1.82) is 5.26 Å². The third-order valence-corrected chi connectivity index (χ3v) is 4.10. The van der Waals surface area contributed by atoms with E-state index in [-0.39, 0.29) is 5.41 Å². The van der Waals surface area contributed by atoms with Gasteiger partial charge in [0.05, 0.1) is 11.5 Å². The zero-order valence-corrected chi connectivity index (χ0v) is 10.9. The molecule has 0 atom stereocenters. The molecule has 1 aromatic rings. The van der Waals surface area contributed by atoms with Crippen LogP contribution in [-0.2, 0) is 5.41 Å². The molecule has 0 N–H and O–H groups in total. The number of hydrogen-bond donors (Lipinski definition) is 0. The van der Waals surface area contributed by atoms with Crippen molar-refractivity contribution >= 4 is 5.57 Å². The Bertz CT molecular complexity index is 513. The zero-order valence-electron chi connectivity index (χ0n) is 10.9. The highest BCUT2D eigenvalue weighted by Crippen LogP contribution is 2.44. The van der Waals surface area contributed by atoms with Crippen LogP contribution in [0.25, 0.3) is 5.57 Å². The lowest BCUT2D eigenvalue weighted by Crippen LogP contribution is -2.32. The molecule has 17 heavy (non-hydrogen) atoms. The molecular formula is C16H19N. The summed E-state index contributed by atoms with van der Waals surface area (Å²) < 4.78 is 0. The van der Waals surface area contributed by atoms with Gasteiger partial charge in [0, 0.05) is 0 Å². The van der Waals surface area contributed by atoms with Crippen LogP contribution in [0.15, 0.2) is 18.7 Å². The van der Waals surface area contributed by atoms with E-state index in [0.29, 0.717) is 0 Å². The second kappa shape index (κ2) is 4.04. The first-order valence-corrected chi connectivity index (χ1v) is 6.19. The zero-order chi connectivity index (χ0) is 12.6. The van der Waals surface area contributed by atoms with Gasteiger partial charge in [-0.3, -0.25) is 0 Å². The summed E-state index contributed by atoms with van der Waals surface area (Å²) in [6.45, 7) is 10.3. The second-order valence-corrected chi connectivity index (χ2v) is 5.29. The van der Waals surface area contributed by atoms with Gasteiger partial charge in [-0.25, -0.2) is 0 Å². The molecule has 0 unspecified atom stereocenters. The number of hydrogen-bond acceptors (Lipinski definition) is 1. The Kier molecular flexibility index (Phi) is 2.83. The molecule has 0 bridgehead atoms. The summed E-state index contributed by atoms with van der Waals surface area (Å²) in [6, 6.07) is 6.87. The van der Waals surface area contributed by atoms with Crippen LogP contribution in [0.5, 0.6) is 0 Å². The second-order valence-electron chi connectivity index (χ2n) is 5.29. The van der Waals surface area contributed by atoms with Gasteiger partial charge in [-0.05, 0) is 68.4 Å². The fourth-order valence-electron chi connectivity index (χ4n) is 2.57. The SMILES string of the molecule is C=C(C)c1cc(C2(C#N)CCC2)cc(C)c1C. The normalized spacial score (nSPS) is 17.1. The minimum absolute atomic E-state index is 0.220. The topological polar surface area (TPSA) is 23.8 Å². The minimum atomic E-state index is -0.220. The molecule has 0 aromatic heterocycles. The van der Waals surface area contributed by atoms with Crippen molar-refractivity contribution in [2.45, 2.75) is 45.4 Å². The number of allylic oxidation sites excluding steroid dienone is 1. The summed E-state index contributed by atoms with van der Waals surface area (Å²) in [5.41, 5.74) is 5.81. The Hall–Kier alpha value is -1.55. The van der Waals surface area contributed by atoms with Crippen LogP contribution in [0.3, 0.4) is 0 Å². The Morgan fingerprint density at radius 3 is 2.41 bits per heavy atom. The number of nitrogens with zero attached hydrogens (tertiary/aromatic N) is 1. The highest BCUT2D eigenvalue weighted by atomic mass is 14.4. The lowest BCUT2D eigenvalue weighted by atomic mass is 9.65. The van der Waals surface area contributed by atoms with E-state index in [1.54, 1.807) is 0 Å². The van der Waals surface area contributed by atoms with Crippen molar-refractivity contribution in [3.63, 3.8) is 0 Å². The monoisotopic (exact) mass is 225 g/mol. The van der Waals surface area contributed by atoms with Gasteiger partial charge in [0.2, 0.25) is 0 Å². The molecule has 1 nitrogen and oxygen atoms in total. The number of benzene rings is 1. The van der Waals surface area contributed by atoms with Crippen LogP contribution in [0.2, 0.25) is 0 Å². The third-order valence-electron chi connectivity index (χ3n) is 4.10. The minimum Gasteiger partial charge on any atom is -0.197 e.